The molecule has 1 rings (SSSR count). The first kappa shape index (κ1) is 15.8. The van der Waals surface area contributed by atoms with Crippen LogP contribution in [0.1, 0.15) is 40.5 Å². The molecule has 2 unspecified atom stereocenters. The van der Waals surface area contributed by atoms with Crippen LogP contribution in [0.25, 0.3) is 0 Å². The van der Waals surface area contributed by atoms with Crippen LogP contribution in [0.2, 0.25) is 0 Å². The molecule has 1 saturated heterocycles. The second kappa shape index (κ2) is 6.23. The predicted molar refractivity (Wildman–Crippen MR) is 71.1 cm³/mol. The van der Waals surface area contributed by atoms with Gasteiger partial charge in [0.25, 0.3) is 0 Å². The van der Waals surface area contributed by atoms with Gasteiger partial charge in [0.05, 0.1) is 0 Å². The fraction of sp³-hybridized carbons (Fsp3) is 0.846. The van der Waals surface area contributed by atoms with Crippen LogP contribution >= 0.6 is 0 Å². The third-order valence-electron chi connectivity index (χ3n) is 3.08. The third kappa shape index (κ3) is 5.46. The molecule has 1 aliphatic rings. The average Bonchev–Trinajstić information content (AvgIpc) is 2.25. The average molecular weight is 272 g/mol. The first-order chi connectivity index (χ1) is 8.69. The lowest BCUT2D eigenvalue weighted by Gasteiger charge is -2.35. The number of ether oxygens (including phenoxy) is 1. The summed E-state index contributed by atoms with van der Waals surface area (Å²) in [6, 6.07) is -0.575. The standard InChI is InChI=1S/C13H24N2O4/c1-9(11(16)17)15-7-5-6-10(8-15)14-12(18)19-13(2,3)4/h9-10H,5-8H2,1-4H3,(H,14,18)(H,16,17). The molecule has 2 N–H and O–H groups in total. The lowest BCUT2D eigenvalue weighted by molar-refractivity contribution is -0.143. The fourth-order valence-electron chi connectivity index (χ4n) is 2.11. The molecule has 1 aliphatic heterocycles. The van der Waals surface area contributed by atoms with Gasteiger partial charge in [-0.3, -0.25) is 9.69 Å². The van der Waals surface area contributed by atoms with Crippen molar-refractivity contribution in [2.45, 2.75) is 58.2 Å². The number of carboxylic acids is 1. The maximum atomic E-state index is 11.7. The van der Waals surface area contributed by atoms with Crippen LogP contribution in [-0.4, -0.2) is 52.8 Å². The van der Waals surface area contributed by atoms with Gasteiger partial charge in [-0.15, -0.1) is 0 Å². The van der Waals surface area contributed by atoms with Gasteiger partial charge in [-0.2, -0.15) is 0 Å². The van der Waals surface area contributed by atoms with Crippen LogP contribution in [0.5, 0.6) is 0 Å². The number of carboxylic acid groups (broad SMARTS) is 1. The SMILES string of the molecule is CC(C(=O)O)N1CCCC(NC(=O)OC(C)(C)C)C1. The van der Waals surface area contributed by atoms with E-state index in [0.717, 1.165) is 19.4 Å². The molecule has 0 bridgehead atoms. The zero-order valence-corrected chi connectivity index (χ0v) is 12.1. The minimum Gasteiger partial charge on any atom is -0.480 e. The molecule has 0 radical (unpaired) electrons. The monoisotopic (exact) mass is 272 g/mol. The van der Waals surface area contributed by atoms with Crippen molar-refractivity contribution in [1.82, 2.24) is 10.2 Å². The molecule has 1 heterocycles. The summed E-state index contributed by atoms with van der Waals surface area (Å²) in [6.07, 6.45) is 1.28. The second-order valence-corrected chi connectivity index (χ2v) is 5.99. The number of likely N-dealkylation sites (tertiary alicyclic amines) is 1. The summed E-state index contributed by atoms with van der Waals surface area (Å²) in [5.74, 6) is -0.835. The van der Waals surface area contributed by atoms with E-state index in [2.05, 4.69) is 5.32 Å². The Morgan fingerprint density at radius 3 is 2.58 bits per heavy atom. The topological polar surface area (TPSA) is 78.9 Å². The number of nitrogens with zero attached hydrogens (tertiary/aromatic N) is 1. The van der Waals surface area contributed by atoms with Crippen molar-refractivity contribution in [2.75, 3.05) is 13.1 Å². The molecule has 0 aliphatic carbocycles. The Labute approximate surface area is 114 Å². The Balaban J connectivity index is 2.47. The summed E-state index contributed by atoms with van der Waals surface area (Å²) in [6.45, 7) is 8.40. The molecule has 1 fully saturated rings. The number of carbonyl (C=O) groups is 2. The highest BCUT2D eigenvalue weighted by Gasteiger charge is 2.28. The number of aliphatic carboxylic acids is 1. The molecule has 0 spiro atoms. The molecule has 1 amide bonds. The second-order valence-electron chi connectivity index (χ2n) is 5.99. The van der Waals surface area contributed by atoms with Crippen molar-refractivity contribution >= 4 is 12.1 Å². The van der Waals surface area contributed by atoms with E-state index in [1.807, 2.05) is 25.7 Å². The Kier molecular flexibility index (Phi) is 5.17. The zero-order valence-electron chi connectivity index (χ0n) is 12.1. The number of nitrogens with one attached hydrogen (secondary N) is 1. The first-order valence-electron chi connectivity index (χ1n) is 6.65. The maximum absolute atomic E-state index is 11.7. The van der Waals surface area contributed by atoms with E-state index in [9.17, 15) is 9.59 Å². The summed E-state index contributed by atoms with van der Waals surface area (Å²) in [7, 11) is 0. The summed E-state index contributed by atoms with van der Waals surface area (Å²) in [5.41, 5.74) is -0.521. The van der Waals surface area contributed by atoms with Crippen LogP contribution in [0, 0.1) is 0 Å². The number of carbonyl (C=O) groups excluding carboxylic acids is 1. The van der Waals surface area contributed by atoms with Crippen molar-refractivity contribution in [3.05, 3.63) is 0 Å². The fourth-order valence-corrected chi connectivity index (χ4v) is 2.11. The summed E-state index contributed by atoms with van der Waals surface area (Å²) in [5, 5.41) is 11.8. The number of amides is 1. The Morgan fingerprint density at radius 1 is 1.42 bits per heavy atom. The molecule has 19 heavy (non-hydrogen) atoms. The molecule has 0 aromatic heterocycles. The molecular formula is C13H24N2O4. The van der Waals surface area contributed by atoms with E-state index in [0.29, 0.717) is 6.54 Å². The molecular weight excluding hydrogens is 248 g/mol. The minimum absolute atomic E-state index is 0.0506. The molecule has 2 atom stereocenters. The lowest BCUT2D eigenvalue weighted by atomic mass is 10.0. The number of piperidine rings is 1. The van der Waals surface area contributed by atoms with Crippen LogP contribution in [0.4, 0.5) is 4.79 Å². The van der Waals surface area contributed by atoms with Crippen molar-refractivity contribution in [3.8, 4) is 0 Å². The highest BCUT2D eigenvalue weighted by atomic mass is 16.6. The number of alkyl carbamates (subject to hydrolysis) is 1. The van der Waals surface area contributed by atoms with Crippen molar-refractivity contribution in [1.29, 1.82) is 0 Å². The Bertz CT molecular complexity index is 338. The summed E-state index contributed by atoms with van der Waals surface area (Å²) in [4.78, 5) is 24.5. The van der Waals surface area contributed by atoms with Crippen LogP contribution < -0.4 is 5.32 Å². The smallest absolute Gasteiger partial charge is 0.407 e. The first-order valence-corrected chi connectivity index (χ1v) is 6.65. The van der Waals surface area contributed by atoms with E-state index in [1.54, 1.807) is 6.92 Å². The number of hydrogen-bond acceptors (Lipinski definition) is 4. The van der Waals surface area contributed by atoms with E-state index in [-0.39, 0.29) is 6.04 Å². The van der Waals surface area contributed by atoms with Gasteiger partial charge in [0.2, 0.25) is 0 Å². The molecule has 0 aromatic carbocycles. The van der Waals surface area contributed by atoms with Crippen molar-refractivity contribution < 1.29 is 19.4 Å². The Hall–Kier alpha value is -1.30. The Morgan fingerprint density at radius 2 is 2.05 bits per heavy atom. The van der Waals surface area contributed by atoms with E-state index in [1.165, 1.54) is 0 Å². The molecule has 6 heteroatoms. The quantitative estimate of drug-likeness (QED) is 0.813. The lowest BCUT2D eigenvalue weighted by Crippen LogP contribution is -2.52. The van der Waals surface area contributed by atoms with Crippen LogP contribution in [-0.2, 0) is 9.53 Å². The van der Waals surface area contributed by atoms with Gasteiger partial charge in [-0.25, -0.2) is 4.79 Å². The molecule has 0 aromatic rings. The zero-order chi connectivity index (χ0) is 14.6. The van der Waals surface area contributed by atoms with Gasteiger partial charge >= 0.3 is 12.1 Å². The van der Waals surface area contributed by atoms with Gasteiger partial charge in [0.15, 0.2) is 0 Å². The maximum Gasteiger partial charge on any atom is 0.407 e. The normalized spacial score (nSPS) is 22.6. The molecule has 0 saturated carbocycles. The van der Waals surface area contributed by atoms with Gasteiger partial charge in [0.1, 0.15) is 11.6 Å². The predicted octanol–water partition coefficient (Wildman–Crippen LogP) is 1.45. The van der Waals surface area contributed by atoms with Crippen LogP contribution in [0.3, 0.4) is 0 Å². The highest BCUT2D eigenvalue weighted by Crippen LogP contribution is 2.14. The van der Waals surface area contributed by atoms with E-state index >= 15 is 0 Å². The third-order valence-corrected chi connectivity index (χ3v) is 3.08. The number of hydrogen-bond donors (Lipinski definition) is 2. The largest absolute Gasteiger partial charge is 0.480 e. The molecule has 6 nitrogen and oxygen atoms in total. The van der Waals surface area contributed by atoms with Gasteiger partial charge in [0, 0.05) is 12.6 Å². The van der Waals surface area contributed by atoms with Crippen molar-refractivity contribution in [3.63, 3.8) is 0 Å². The van der Waals surface area contributed by atoms with Crippen LogP contribution in [0.15, 0.2) is 0 Å². The summed E-state index contributed by atoms with van der Waals surface area (Å²) < 4.78 is 5.20. The van der Waals surface area contributed by atoms with Gasteiger partial charge in [-0.1, -0.05) is 0 Å². The van der Waals surface area contributed by atoms with E-state index in [4.69, 9.17) is 9.84 Å². The number of rotatable bonds is 3. The minimum atomic E-state index is -0.835. The van der Waals surface area contributed by atoms with E-state index < -0.39 is 23.7 Å². The molecule has 110 valence electrons. The van der Waals surface area contributed by atoms with Crippen molar-refractivity contribution in [2.24, 2.45) is 0 Å². The summed E-state index contributed by atoms with van der Waals surface area (Å²) >= 11 is 0. The van der Waals surface area contributed by atoms with Gasteiger partial charge in [-0.05, 0) is 47.1 Å². The highest BCUT2D eigenvalue weighted by molar-refractivity contribution is 5.73. The van der Waals surface area contributed by atoms with Gasteiger partial charge < -0.3 is 15.2 Å².